The van der Waals surface area contributed by atoms with Gasteiger partial charge in [0.1, 0.15) is 24.7 Å². The molecule has 0 fully saturated rings. The van der Waals surface area contributed by atoms with Crippen LogP contribution in [0.1, 0.15) is 15.9 Å². The highest BCUT2D eigenvalue weighted by atomic mass is 16.5. The highest BCUT2D eigenvalue weighted by Crippen LogP contribution is 2.15. The van der Waals surface area contributed by atoms with E-state index in [1.807, 2.05) is 6.07 Å². The molecule has 2 rings (SSSR count). The number of carbonyl (C=O) groups excluding carboxylic acids is 1. The van der Waals surface area contributed by atoms with E-state index < -0.39 is 5.97 Å². The molecule has 5 nitrogen and oxygen atoms in total. The van der Waals surface area contributed by atoms with Crippen LogP contribution in [-0.2, 0) is 4.74 Å². The Morgan fingerprint density at radius 1 is 1.05 bits per heavy atom. The number of benzene rings is 2. The summed E-state index contributed by atoms with van der Waals surface area (Å²) in [7, 11) is 1.33. The second kappa shape index (κ2) is 7.70. The maximum absolute atomic E-state index is 11.4. The third-order valence-electron chi connectivity index (χ3n) is 2.86. The average Bonchev–Trinajstić information content (AvgIpc) is 2.59. The Kier molecular flexibility index (Phi) is 5.38. The SMILES string of the molecule is COC(=O)c1cccc(OCCOc2ccc(C#N)cc2)c1. The Hall–Kier alpha value is -3.00. The molecule has 0 bridgehead atoms. The van der Waals surface area contributed by atoms with Crippen molar-refractivity contribution in [2.24, 2.45) is 0 Å². The molecule has 0 aliphatic rings. The molecular weight excluding hydrogens is 282 g/mol. The predicted molar refractivity (Wildman–Crippen MR) is 79.9 cm³/mol. The fourth-order valence-corrected chi connectivity index (χ4v) is 1.78. The fourth-order valence-electron chi connectivity index (χ4n) is 1.78. The predicted octanol–water partition coefficient (Wildman–Crippen LogP) is 2.80. The van der Waals surface area contributed by atoms with Crippen molar-refractivity contribution in [2.45, 2.75) is 0 Å². The lowest BCUT2D eigenvalue weighted by Gasteiger charge is -2.09. The minimum atomic E-state index is -0.403. The quantitative estimate of drug-likeness (QED) is 0.606. The molecule has 0 amide bonds. The molecule has 0 saturated carbocycles. The van der Waals surface area contributed by atoms with Gasteiger partial charge in [0.15, 0.2) is 0 Å². The molecule has 0 heterocycles. The summed E-state index contributed by atoms with van der Waals surface area (Å²) in [4.78, 5) is 11.4. The van der Waals surface area contributed by atoms with E-state index in [1.165, 1.54) is 7.11 Å². The van der Waals surface area contributed by atoms with Crippen molar-refractivity contribution in [2.75, 3.05) is 20.3 Å². The summed E-state index contributed by atoms with van der Waals surface area (Å²) in [6.45, 7) is 0.693. The highest BCUT2D eigenvalue weighted by Gasteiger charge is 2.06. The van der Waals surface area contributed by atoms with Crippen LogP contribution in [0.25, 0.3) is 0 Å². The number of nitrogens with zero attached hydrogens (tertiary/aromatic N) is 1. The third-order valence-corrected chi connectivity index (χ3v) is 2.86. The van der Waals surface area contributed by atoms with E-state index >= 15 is 0 Å². The van der Waals surface area contributed by atoms with Crippen LogP contribution in [0.3, 0.4) is 0 Å². The van der Waals surface area contributed by atoms with Crippen molar-refractivity contribution in [3.63, 3.8) is 0 Å². The average molecular weight is 297 g/mol. The number of carbonyl (C=O) groups is 1. The third kappa shape index (κ3) is 4.25. The number of methoxy groups -OCH3 is 1. The van der Waals surface area contributed by atoms with Crippen LogP contribution in [0.2, 0.25) is 0 Å². The normalized spacial score (nSPS) is 9.64. The van der Waals surface area contributed by atoms with Gasteiger partial charge in [-0.25, -0.2) is 4.79 Å². The summed E-state index contributed by atoms with van der Waals surface area (Å²) in [5.74, 6) is 0.844. The molecule has 0 saturated heterocycles. The summed E-state index contributed by atoms with van der Waals surface area (Å²) in [6.07, 6.45) is 0. The van der Waals surface area contributed by atoms with Gasteiger partial charge in [0.2, 0.25) is 0 Å². The maximum atomic E-state index is 11.4. The van der Waals surface area contributed by atoms with Gasteiger partial charge in [-0.1, -0.05) is 6.07 Å². The molecule has 0 radical (unpaired) electrons. The fraction of sp³-hybridized carbons (Fsp3) is 0.176. The first-order valence-corrected chi connectivity index (χ1v) is 6.67. The van der Waals surface area contributed by atoms with Crippen LogP contribution in [0.4, 0.5) is 0 Å². The van der Waals surface area contributed by atoms with E-state index in [-0.39, 0.29) is 0 Å². The lowest BCUT2D eigenvalue weighted by molar-refractivity contribution is 0.0600. The van der Waals surface area contributed by atoms with E-state index in [4.69, 9.17) is 14.7 Å². The zero-order chi connectivity index (χ0) is 15.8. The zero-order valence-corrected chi connectivity index (χ0v) is 12.1. The monoisotopic (exact) mass is 297 g/mol. The van der Waals surface area contributed by atoms with Crippen LogP contribution < -0.4 is 9.47 Å². The molecule has 112 valence electrons. The molecule has 0 spiro atoms. The lowest BCUT2D eigenvalue weighted by atomic mass is 10.2. The van der Waals surface area contributed by atoms with Crippen molar-refractivity contribution in [1.82, 2.24) is 0 Å². The number of rotatable bonds is 6. The first kappa shape index (κ1) is 15.4. The second-order valence-corrected chi connectivity index (χ2v) is 4.35. The first-order chi connectivity index (χ1) is 10.7. The molecule has 2 aromatic rings. The van der Waals surface area contributed by atoms with Crippen molar-refractivity contribution in [1.29, 1.82) is 5.26 Å². The van der Waals surface area contributed by atoms with Crippen molar-refractivity contribution in [3.05, 3.63) is 59.7 Å². The molecule has 0 atom stereocenters. The zero-order valence-electron chi connectivity index (χ0n) is 12.1. The smallest absolute Gasteiger partial charge is 0.337 e. The summed E-state index contributed by atoms with van der Waals surface area (Å²) < 4.78 is 15.7. The maximum Gasteiger partial charge on any atom is 0.337 e. The van der Waals surface area contributed by atoms with Crippen LogP contribution in [-0.4, -0.2) is 26.3 Å². The first-order valence-electron chi connectivity index (χ1n) is 6.67. The number of hydrogen-bond donors (Lipinski definition) is 0. The Bertz CT molecular complexity index is 674. The van der Waals surface area contributed by atoms with E-state index in [2.05, 4.69) is 4.74 Å². The summed E-state index contributed by atoms with van der Waals surface area (Å²) in [6, 6.07) is 15.7. The highest BCUT2D eigenvalue weighted by molar-refractivity contribution is 5.89. The molecule has 0 aliphatic carbocycles. The van der Waals surface area contributed by atoms with E-state index in [1.54, 1.807) is 48.5 Å². The van der Waals surface area contributed by atoms with Crippen molar-refractivity contribution < 1.29 is 19.0 Å². The minimum Gasteiger partial charge on any atom is -0.490 e. The van der Waals surface area contributed by atoms with E-state index in [0.29, 0.717) is 35.8 Å². The molecule has 0 N–H and O–H groups in total. The van der Waals surface area contributed by atoms with Gasteiger partial charge >= 0.3 is 5.97 Å². The standard InChI is InChI=1S/C17H15NO4/c1-20-17(19)14-3-2-4-16(11-14)22-10-9-21-15-7-5-13(12-18)6-8-15/h2-8,11H,9-10H2,1H3. The minimum absolute atomic E-state index is 0.338. The summed E-state index contributed by atoms with van der Waals surface area (Å²) in [5, 5.41) is 8.70. The Morgan fingerprint density at radius 2 is 1.73 bits per heavy atom. The number of nitriles is 1. The molecule has 0 aliphatic heterocycles. The number of ether oxygens (including phenoxy) is 3. The molecule has 22 heavy (non-hydrogen) atoms. The molecule has 2 aromatic carbocycles. The van der Waals surface area contributed by atoms with Gasteiger partial charge in [0.25, 0.3) is 0 Å². The Balaban J connectivity index is 1.81. The van der Waals surface area contributed by atoms with Crippen molar-refractivity contribution in [3.8, 4) is 17.6 Å². The van der Waals surface area contributed by atoms with Gasteiger partial charge in [-0.05, 0) is 42.5 Å². The van der Waals surface area contributed by atoms with Gasteiger partial charge in [-0.2, -0.15) is 5.26 Å². The van der Waals surface area contributed by atoms with Crippen LogP contribution in [0.5, 0.6) is 11.5 Å². The lowest BCUT2D eigenvalue weighted by Crippen LogP contribution is -2.09. The summed E-state index contributed by atoms with van der Waals surface area (Å²) in [5.41, 5.74) is 1.02. The van der Waals surface area contributed by atoms with Gasteiger partial charge in [-0.15, -0.1) is 0 Å². The van der Waals surface area contributed by atoms with Crippen molar-refractivity contribution >= 4 is 5.97 Å². The van der Waals surface area contributed by atoms with Gasteiger partial charge in [0, 0.05) is 0 Å². The molecule has 5 heteroatoms. The van der Waals surface area contributed by atoms with Gasteiger partial charge in [0.05, 0.1) is 24.3 Å². The van der Waals surface area contributed by atoms with E-state index in [9.17, 15) is 4.79 Å². The topological polar surface area (TPSA) is 68.6 Å². The molecule has 0 unspecified atom stereocenters. The van der Waals surface area contributed by atoms with Crippen LogP contribution >= 0.6 is 0 Å². The van der Waals surface area contributed by atoms with E-state index in [0.717, 1.165) is 0 Å². The second-order valence-electron chi connectivity index (χ2n) is 4.35. The van der Waals surface area contributed by atoms with Crippen LogP contribution in [0.15, 0.2) is 48.5 Å². The largest absolute Gasteiger partial charge is 0.490 e. The Morgan fingerprint density at radius 3 is 2.36 bits per heavy atom. The molecular formula is C17H15NO4. The molecule has 0 aromatic heterocycles. The number of hydrogen-bond acceptors (Lipinski definition) is 5. The number of esters is 1. The van der Waals surface area contributed by atoms with Gasteiger partial charge in [-0.3, -0.25) is 0 Å². The van der Waals surface area contributed by atoms with Crippen LogP contribution in [0, 0.1) is 11.3 Å². The Labute approximate surface area is 128 Å². The summed E-state index contributed by atoms with van der Waals surface area (Å²) >= 11 is 0. The van der Waals surface area contributed by atoms with Gasteiger partial charge < -0.3 is 14.2 Å².